The van der Waals surface area contributed by atoms with Crippen molar-refractivity contribution in [2.45, 2.75) is 51.6 Å². The normalized spacial score (nSPS) is 21.7. The SMILES string of the molecule is CCCC1CC(C)(C)c2cc(O)c(O)cc2O1. The van der Waals surface area contributed by atoms with Crippen LogP contribution in [0.25, 0.3) is 0 Å². The van der Waals surface area contributed by atoms with E-state index in [9.17, 15) is 10.2 Å². The van der Waals surface area contributed by atoms with Crippen molar-refractivity contribution < 1.29 is 14.9 Å². The molecule has 3 nitrogen and oxygen atoms in total. The monoisotopic (exact) mass is 236 g/mol. The van der Waals surface area contributed by atoms with Gasteiger partial charge in [-0.3, -0.25) is 0 Å². The van der Waals surface area contributed by atoms with Crippen molar-refractivity contribution in [2.75, 3.05) is 0 Å². The van der Waals surface area contributed by atoms with Gasteiger partial charge in [-0.05, 0) is 24.3 Å². The molecule has 1 atom stereocenters. The molecule has 0 bridgehead atoms. The number of ether oxygens (including phenoxy) is 1. The molecule has 1 aromatic carbocycles. The standard InChI is InChI=1S/C14H20O3/c1-4-5-9-8-14(2,3)10-6-11(15)12(16)7-13(10)17-9/h6-7,9,15-16H,4-5,8H2,1-3H3. The summed E-state index contributed by atoms with van der Waals surface area (Å²) >= 11 is 0. The lowest BCUT2D eigenvalue weighted by Gasteiger charge is -2.37. The summed E-state index contributed by atoms with van der Waals surface area (Å²) < 4.78 is 5.87. The highest BCUT2D eigenvalue weighted by Crippen LogP contribution is 2.45. The van der Waals surface area contributed by atoms with Gasteiger partial charge in [0, 0.05) is 11.6 Å². The Bertz CT molecular complexity index is 424. The molecule has 1 unspecified atom stereocenters. The maximum atomic E-state index is 9.57. The molecular weight excluding hydrogens is 216 g/mol. The summed E-state index contributed by atoms with van der Waals surface area (Å²) in [6.07, 6.45) is 3.24. The number of benzene rings is 1. The molecule has 1 aliphatic heterocycles. The van der Waals surface area contributed by atoms with Gasteiger partial charge in [-0.15, -0.1) is 0 Å². The van der Waals surface area contributed by atoms with Crippen LogP contribution in [0.3, 0.4) is 0 Å². The second-order valence-electron chi connectivity index (χ2n) is 5.45. The number of hydrogen-bond donors (Lipinski definition) is 2. The molecule has 0 aromatic heterocycles. The van der Waals surface area contributed by atoms with Crippen LogP contribution in [0.4, 0.5) is 0 Å². The fourth-order valence-corrected chi connectivity index (χ4v) is 2.57. The van der Waals surface area contributed by atoms with Crippen LogP contribution in [-0.2, 0) is 5.41 Å². The minimum atomic E-state index is -0.114. The lowest BCUT2D eigenvalue weighted by atomic mass is 9.76. The zero-order chi connectivity index (χ0) is 12.6. The first-order valence-corrected chi connectivity index (χ1v) is 6.17. The Kier molecular flexibility index (Phi) is 2.94. The maximum absolute atomic E-state index is 9.57. The quantitative estimate of drug-likeness (QED) is 0.774. The Balaban J connectivity index is 2.41. The van der Waals surface area contributed by atoms with Crippen molar-refractivity contribution in [1.82, 2.24) is 0 Å². The van der Waals surface area contributed by atoms with Gasteiger partial charge in [0.25, 0.3) is 0 Å². The van der Waals surface area contributed by atoms with Gasteiger partial charge in [0.1, 0.15) is 5.75 Å². The van der Waals surface area contributed by atoms with Gasteiger partial charge in [0.05, 0.1) is 6.10 Å². The third-order valence-corrected chi connectivity index (χ3v) is 3.45. The van der Waals surface area contributed by atoms with Gasteiger partial charge >= 0.3 is 0 Å². The molecule has 0 saturated heterocycles. The van der Waals surface area contributed by atoms with Gasteiger partial charge < -0.3 is 14.9 Å². The second-order valence-corrected chi connectivity index (χ2v) is 5.45. The Hall–Kier alpha value is -1.38. The van der Waals surface area contributed by atoms with Gasteiger partial charge in [-0.25, -0.2) is 0 Å². The minimum absolute atomic E-state index is 0.0292. The van der Waals surface area contributed by atoms with E-state index in [1.807, 2.05) is 0 Å². The van der Waals surface area contributed by atoms with Crippen LogP contribution in [0.1, 0.15) is 45.6 Å². The van der Waals surface area contributed by atoms with Crippen LogP contribution in [0.2, 0.25) is 0 Å². The molecule has 2 rings (SSSR count). The van der Waals surface area contributed by atoms with E-state index < -0.39 is 0 Å². The van der Waals surface area contributed by atoms with Crippen molar-refractivity contribution in [2.24, 2.45) is 0 Å². The number of phenolic OH excluding ortho intramolecular Hbond substituents is 2. The van der Waals surface area contributed by atoms with Gasteiger partial charge in [-0.2, -0.15) is 0 Å². The average Bonchev–Trinajstić information content (AvgIpc) is 2.21. The first-order chi connectivity index (χ1) is 7.94. The first kappa shape index (κ1) is 12.1. The average molecular weight is 236 g/mol. The number of fused-ring (bicyclic) bond motifs is 1. The molecule has 1 aliphatic rings. The molecule has 94 valence electrons. The van der Waals surface area contributed by atoms with Crippen LogP contribution in [-0.4, -0.2) is 16.3 Å². The van der Waals surface area contributed by atoms with E-state index in [0.29, 0.717) is 5.75 Å². The van der Waals surface area contributed by atoms with E-state index in [0.717, 1.165) is 24.8 Å². The van der Waals surface area contributed by atoms with Gasteiger partial charge in [0.2, 0.25) is 0 Å². The van der Waals surface area contributed by atoms with Crippen LogP contribution >= 0.6 is 0 Å². The largest absolute Gasteiger partial charge is 0.504 e. The highest BCUT2D eigenvalue weighted by atomic mass is 16.5. The molecule has 17 heavy (non-hydrogen) atoms. The molecule has 0 aliphatic carbocycles. The van der Waals surface area contributed by atoms with E-state index in [1.54, 1.807) is 6.07 Å². The molecular formula is C14H20O3. The van der Waals surface area contributed by atoms with E-state index in [2.05, 4.69) is 20.8 Å². The Morgan fingerprint density at radius 3 is 2.59 bits per heavy atom. The lowest BCUT2D eigenvalue weighted by Crippen LogP contribution is -2.34. The molecule has 0 amide bonds. The van der Waals surface area contributed by atoms with Crippen LogP contribution < -0.4 is 4.74 Å². The molecule has 0 saturated carbocycles. The molecule has 1 heterocycles. The number of phenols is 2. The van der Waals surface area contributed by atoms with Crippen molar-refractivity contribution in [3.05, 3.63) is 17.7 Å². The molecule has 0 spiro atoms. The molecule has 2 N–H and O–H groups in total. The van der Waals surface area contributed by atoms with Crippen molar-refractivity contribution in [3.63, 3.8) is 0 Å². The maximum Gasteiger partial charge on any atom is 0.161 e. The zero-order valence-electron chi connectivity index (χ0n) is 10.7. The third kappa shape index (κ3) is 2.19. The second kappa shape index (κ2) is 4.13. The predicted octanol–water partition coefficient (Wildman–Crippen LogP) is 3.33. The van der Waals surface area contributed by atoms with Gasteiger partial charge in [-0.1, -0.05) is 27.2 Å². The fourth-order valence-electron chi connectivity index (χ4n) is 2.57. The number of hydrogen-bond acceptors (Lipinski definition) is 3. The zero-order valence-corrected chi connectivity index (χ0v) is 10.7. The molecule has 3 heteroatoms. The summed E-state index contributed by atoms with van der Waals surface area (Å²) in [7, 11) is 0. The third-order valence-electron chi connectivity index (χ3n) is 3.45. The highest BCUT2D eigenvalue weighted by molar-refractivity contribution is 5.52. The van der Waals surface area contributed by atoms with Crippen molar-refractivity contribution in [3.8, 4) is 17.2 Å². The van der Waals surface area contributed by atoms with E-state index >= 15 is 0 Å². The summed E-state index contributed by atoms with van der Waals surface area (Å²) in [5, 5.41) is 19.1. The lowest BCUT2D eigenvalue weighted by molar-refractivity contribution is 0.124. The Morgan fingerprint density at radius 1 is 1.29 bits per heavy atom. The summed E-state index contributed by atoms with van der Waals surface area (Å²) in [4.78, 5) is 0. The highest BCUT2D eigenvalue weighted by Gasteiger charge is 2.34. The van der Waals surface area contributed by atoms with E-state index in [-0.39, 0.29) is 23.0 Å². The van der Waals surface area contributed by atoms with E-state index in [1.165, 1.54) is 6.07 Å². The van der Waals surface area contributed by atoms with Gasteiger partial charge in [0.15, 0.2) is 11.5 Å². The fraction of sp³-hybridized carbons (Fsp3) is 0.571. The Morgan fingerprint density at radius 2 is 1.94 bits per heavy atom. The van der Waals surface area contributed by atoms with Crippen LogP contribution in [0.15, 0.2) is 12.1 Å². The minimum Gasteiger partial charge on any atom is -0.504 e. The first-order valence-electron chi connectivity index (χ1n) is 6.17. The summed E-state index contributed by atoms with van der Waals surface area (Å²) in [6, 6.07) is 3.14. The molecule has 0 radical (unpaired) electrons. The van der Waals surface area contributed by atoms with Crippen molar-refractivity contribution >= 4 is 0 Å². The topological polar surface area (TPSA) is 49.7 Å². The Labute approximate surface area is 102 Å². The number of aromatic hydroxyl groups is 2. The van der Waals surface area contributed by atoms with Crippen molar-refractivity contribution in [1.29, 1.82) is 0 Å². The van der Waals surface area contributed by atoms with E-state index in [4.69, 9.17) is 4.74 Å². The number of rotatable bonds is 2. The summed E-state index contributed by atoms with van der Waals surface area (Å²) in [5.41, 5.74) is 0.943. The van der Waals surface area contributed by atoms with Crippen LogP contribution in [0, 0.1) is 0 Å². The molecule has 0 fully saturated rings. The predicted molar refractivity (Wildman–Crippen MR) is 66.7 cm³/mol. The van der Waals surface area contributed by atoms with Crippen LogP contribution in [0.5, 0.6) is 17.2 Å². The smallest absolute Gasteiger partial charge is 0.161 e. The molecule has 1 aromatic rings. The summed E-state index contributed by atoms with van der Waals surface area (Å²) in [5.74, 6) is 0.515. The summed E-state index contributed by atoms with van der Waals surface area (Å²) in [6.45, 7) is 6.43.